The van der Waals surface area contributed by atoms with Crippen LogP contribution in [0.15, 0.2) is 200 Å². The summed E-state index contributed by atoms with van der Waals surface area (Å²) in [6, 6.07) is 65.1. The van der Waals surface area contributed by atoms with Crippen molar-refractivity contribution in [3.63, 3.8) is 0 Å². The Balaban J connectivity index is 1.30. The molecule has 11 heteroatoms. The molecule has 0 saturated carbocycles. The van der Waals surface area contributed by atoms with Gasteiger partial charge in [0.25, 0.3) is 0 Å². The van der Waals surface area contributed by atoms with Crippen LogP contribution in [0, 0.1) is 53.7 Å². The van der Waals surface area contributed by atoms with Crippen LogP contribution in [0.4, 0.5) is 30.2 Å². The van der Waals surface area contributed by atoms with Crippen LogP contribution in [0.1, 0.15) is 22.3 Å². The minimum atomic E-state index is -4.99. The summed E-state index contributed by atoms with van der Waals surface area (Å²) in [6.45, 7) is 24.1. The maximum Gasteiger partial charge on any atom is 0.415 e. The van der Waals surface area contributed by atoms with E-state index in [-0.39, 0.29) is 28.2 Å². The van der Waals surface area contributed by atoms with E-state index in [1.165, 1.54) is 12.1 Å². The zero-order valence-corrected chi connectivity index (χ0v) is 40.8. The Hall–Kier alpha value is -11.5. The number of halogens is 3. The molecule has 0 N–H and O–H groups in total. The molecule has 0 amide bonds. The predicted molar refractivity (Wildman–Crippen MR) is 300 cm³/mol. The van der Waals surface area contributed by atoms with Gasteiger partial charge in [0.15, 0.2) is 17.1 Å². The van der Waals surface area contributed by atoms with E-state index in [0.29, 0.717) is 77.9 Å². The minimum Gasteiger partial charge on any atom is -0.309 e. The molecule has 0 unspecified atom stereocenters. The lowest BCUT2D eigenvalue weighted by Gasteiger charge is -2.24. The third-order valence-corrected chi connectivity index (χ3v) is 14.2. The molecule has 12 aromatic rings. The lowest BCUT2D eigenvalue weighted by molar-refractivity contribution is -0.137. The summed E-state index contributed by atoms with van der Waals surface area (Å²) in [4.78, 5) is 11.1. The molecule has 2 heterocycles. The molecule has 0 aliphatic carbocycles. The second-order valence-electron chi connectivity index (χ2n) is 18.6. The summed E-state index contributed by atoms with van der Waals surface area (Å²) in [6.07, 6.45) is -4.99. The van der Waals surface area contributed by atoms with Gasteiger partial charge in [0, 0.05) is 32.7 Å². The molecule has 0 fully saturated rings. The van der Waals surface area contributed by atoms with Crippen molar-refractivity contribution in [2.75, 3.05) is 0 Å². The standard InChI is InChI=1S/C67H33F3N8/c1-74-51-15-6-13-45(31-51)49-21-25-55-53-23-19-47(43-11-4-9-40(27-43)37-71)33-59(53)77(61(55)35-49)63-29-42(39-73)30-64(66(63)65-57(67(68,69)70)17-8-18-58(65)76-3)78-60-34-48(44-12-5-10-41(28-44)38-72)20-24-54(60)56-26-22-50(36-62(56)78)46-14-7-16-52(32-46)75-2/h4-36H. The van der Waals surface area contributed by atoms with Gasteiger partial charge in [0.2, 0.25) is 0 Å². The van der Waals surface area contributed by atoms with Gasteiger partial charge in [0.1, 0.15) is 0 Å². The van der Waals surface area contributed by atoms with Gasteiger partial charge in [-0.2, -0.15) is 29.0 Å². The second kappa shape index (κ2) is 18.8. The van der Waals surface area contributed by atoms with E-state index in [4.69, 9.17) is 19.7 Å². The highest BCUT2D eigenvalue weighted by Gasteiger charge is 2.37. The minimum absolute atomic E-state index is 0.0000926. The Bertz CT molecular complexity index is 4330. The molecule has 12 rings (SSSR count). The van der Waals surface area contributed by atoms with Gasteiger partial charge in [-0.05, 0) is 117 Å². The number of hydrogen-bond donors (Lipinski definition) is 0. The van der Waals surface area contributed by atoms with Gasteiger partial charge >= 0.3 is 6.18 Å². The average molecular weight is 1010 g/mol. The summed E-state index contributed by atoms with van der Waals surface area (Å²) in [5.74, 6) is 0. The summed E-state index contributed by atoms with van der Waals surface area (Å²) < 4.78 is 52.0. The first-order valence-corrected chi connectivity index (χ1v) is 24.3. The van der Waals surface area contributed by atoms with Gasteiger partial charge in [0.05, 0.1) is 93.6 Å². The van der Waals surface area contributed by atoms with Gasteiger partial charge in [-0.15, -0.1) is 0 Å². The van der Waals surface area contributed by atoms with Crippen LogP contribution in [-0.2, 0) is 6.18 Å². The van der Waals surface area contributed by atoms with Crippen molar-refractivity contribution in [3.05, 3.63) is 257 Å². The van der Waals surface area contributed by atoms with E-state index in [2.05, 4.69) is 32.7 Å². The molecule has 0 radical (unpaired) electrons. The third kappa shape index (κ3) is 7.99. The first-order chi connectivity index (χ1) is 38.0. The van der Waals surface area contributed by atoms with E-state index in [0.717, 1.165) is 38.7 Å². The lowest BCUT2D eigenvalue weighted by Crippen LogP contribution is -2.11. The van der Waals surface area contributed by atoms with Crippen molar-refractivity contribution in [2.45, 2.75) is 6.18 Å². The molecule has 0 spiro atoms. The maximum atomic E-state index is 16.1. The average Bonchev–Trinajstić information content (AvgIpc) is 4.08. The Morgan fingerprint density at radius 2 is 0.718 bits per heavy atom. The van der Waals surface area contributed by atoms with Crippen LogP contribution < -0.4 is 0 Å². The monoisotopic (exact) mass is 1010 g/mol. The lowest BCUT2D eigenvalue weighted by atomic mass is 9.92. The normalized spacial score (nSPS) is 11.2. The number of rotatable bonds is 7. The Morgan fingerprint density at radius 3 is 1.08 bits per heavy atom. The second-order valence-corrected chi connectivity index (χ2v) is 18.6. The van der Waals surface area contributed by atoms with E-state index in [9.17, 15) is 15.8 Å². The van der Waals surface area contributed by atoms with Crippen LogP contribution in [-0.4, -0.2) is 9.13 Å². The molecule has 0 aliphatic rings. The van der Waals surface area contributed by atoms with Crippen molar-refractivity contribution >= 4 is 60.7 Å². The molecule has 2 aromatic heterocycles. The fraction of sp³-hybridized carbons (Fsp3) is 0.0149. The van der Waals surface area contributed by atoms with Crippen molar-refractivity contribution in [1.82, 2.24) is 9.13 Å². The fourth-order valence-electron chi connectivity index (χ4n) is 10.7. The Morgan fingerprint density at radius 1 is 0.359 bits per heavy atom. The maximum absolute atomic E-state index is 16.1. The molecular formula is C67H33F3N8. The Kier molecular flexibility index (Phi) is 11.4. The van der Waals surface area contributed by atoms with E-state index >= 15 is 13.2 Å². The zero-order valence-electron chi connectivity index (χ0n) is 40.8. The molecule has 0 aliphatic heterocycles. The summed E-state index contributed by atoms with van der Waals surface area (Å²) in [7, 11) is 0. The van der Waals surface area contributed by atoms with E-state index < -0.39 is 17.3 Å². The summed E-state index contributed by atoms with van der Waals surface area (Å²) >= 11 is 0. The number of fused-ring (bicyclic) bond motifs is 6. The van der Waals surface area contributed by atoms with Crippen molar-refractivity contribution in [2.24, 2.45) is 0 Å². The third-order valence-electron chi connectivity index (χ3n) is 14.2. The van der Waals surface area contributed by atoms with Crippen LogP contribution >= 0.6 is 0 Å². The van der Waals surface area contributed by atoms with Crippen LogP contribution in [0.25, 0.3) is 125 Å². The number of aromatic nitrogens is 2. The number of nitrogens with zero attached hydrogens (tertiary/aromatic N) is 8. The molecule has 0 atom stereocenters. The molecule has 10 aromatic carbocycles. The number of nitriles is 3. The molecule has 362 valence electrons. The topological polar surface area (TPSA) is 94.3 Å². The smallest absolute Gasteiger partial charge is 0.309 e. The number of benzene rings is 10. The molecule has 78 heavy (non-hydrogen) atoms. The molecule has 0 bridgehead atoms. The highest BCUT2D eigenvalue weighted by molar-refractivity contribution is 6.14. The summed E-state index contributed by atoms with van der Waals surface area (Å²) in [5, 5.41) is 34.0. The van der Waals surface area contributed by atoms with Crippen LogP contribution in [0.2, 0.25) is 0 Å². The SMILES string of the molecule is [C-]#[N+]c1cccc(-c2ccc3c4ccc(-c5cccc(C#N)c5)cc4n(-c4cc(C#N)cc(-n5c6cc(-c7cccc(C#N)c7)ccc6c6ccc(-c7cccc([N+]#[C-])c7)cc65)c4-c4c([N+]#[C-])cccc4C(F)(F)F)c3c2)c1. The fourth-order valence-corrected chi connectivity index (χ4v) is 10.7. The van der Waals surface area contributed by atoms with Crippen molar-refractivity contribution in [3.8, 4) is 85.2 Å². The molecular weight excluding hydrogens is 974 g/mol. The zero-order chi connectivity index (χ0) is 53.8. The van der Waals surface area contributed by atoms with E-state index in [1.54, 1.807) is 84.9 Å². The predicted octanol–water partition coefficient (Wildman–Crippen LogP) is 18.5. The number of alkyl halides is 3. The van der Waals surface area contributed by atoms with Gasteiger partial charge in [-0.3, -0.25) is 0 Å². The van der Waals surface area contributed by atoms with E-state index in [1.807, 2.05) is 106 Å². The van der Waals surface area contributed by atoms with Gasteiger partial charge in [-0.1, -0.05) is 127 Å². The highest BCUT2D eigenvalue weighted by Crippen LogP contribution is 2.51. The van der Waals surface area contributed by atoms with Crippen LogP contribution in [0.3, 0.4) is 0 Å². The van der Waals surface area contributed by atoms with Crippen LogP contribution in [0.5, 0.6) is 0 Å². The summed E-state index contributed by atoms with van der Waals surface area (Å²) in [5.41, 5.74) is 8.26. The van der Waals surface area contributed by atoms with Crippen molar-refractivity contribution < 1.29 is 13.2 Å². The molecule has 8 nitrogen and oxygen atoms in total. The highest BCUT2D eigenvalue weighted by atomic mass is 19.4. The van der Waals surface area contributed by atoms with Gasteiger partial charge in [-0.25, -0.2) is 14.5 Å². The Labute approximate surface area is 444 Å². The molecule has 0 saturated heterocycles. The quantitative estimate of drug-likeness (QED) is 0.149. The van der Waals surface area contributed by atoms with Gasteiger partial charge < -0.3 is 9.13 Å². The first-order valence-electron chi connectivity index (χ1n) is 24.3. The van der Waals surface area contributed by atoms with Crippen molar-refractivity contribution in [1.29, 1.82) is 15.8 Å². The largest absolute Gasteiger partial charge is 0.415 e. The number of hydrogen-bond acceptors (Lipinski definition) is 3. The first kappa shape index (κ1) is 47.5.